The molecule has 5 nitrogen and oxygen atoms in total. The van der Waals surface area contributed by atoms with Gasteiger partial charge in [0.2, 0.25) is 0 Å². The molecule has 5 aromatic rings. The van der Waals surface area contributed by atoms with Crippen LogP contribution < -0.4 is 0 Å². The molecule has 346 valence electrons. The smallest absolute Gasteiger partial charge is 0.122 e. The molecular formula is C59H80O5. The lowest BCUT2D eigenvalue weighted by atomic mass is 9.77. The zero-order valence-corrected chi connectivity index (χ0v) is 42.0. The van der Waals surface area contributed by atoms with Crippen LogP contribution in [0.2, 0.25) is 0 Å². The minimum Gasteiger partial charge on any atom is -0.508 e. The number of aromatic hydroxyl groups is 5. The maximum atomic E-state index is 12.4. The van der Waals surface area contributed by atoms with Gasteiger partial charge in [0.05, 0.1) is 0 Å². The van der Waals surface area contributed by atoms with Gasteiger partial charge in [-0.15, -0.1) is 0 Å². The zero-order valence-electron chi connectivity index (χ0n) is 42.0. The predicted molar refractivity (Wildman–Crippen MR) is 268 cm³/mol. The van der Waals surface area contributed by atoms with Crippen molar-refractivity contribution in [2.24, 2.45) is 0 Å². The fourth-order valence-corrected chi connectivity index (χ4v) is 8.40. The second-order valence-corrected chi connectivity index (χ2v) is 22.0. The molecular weight excluding hydrogens is 789 g/mol. The fraction of sp³-hybridized carbons (Fsp3) is 0.492. The average Bonchev–Trinajstić information content (AvgIpc) is 3.25. The molecule has 5 aromatic carbocycles. The zero-order chi connectivity index (χ0) is 47.7. The van der Waals surface area contributed by atoms with E-state index < -0.39 is 0 Å². The molecule has 0 saturated carbocycles. The van der Waals surface area contributed by atoms with Gasteiger partial charge in [0.1, 0.15) is 28.7 Å². The van der Waals surface area contributed by atoms with Gasteiger partial charge in [-0.2, -0.15) is 0 Å². The van der Waals surface area contributed by atoms with Gasteiger partial charge in [-0.05, 0) is 144 Å². The number of phenols is 5. The molecule has 5 N–H and O–H groups in total. The molecule has 0 amide bonds. The van der Waals surface area contributed by atoms with Crippen molar-refractivity contribution >= 4 is 0 Å². The molecule has 5 heteroatoms. The summed E-state index contributed by atoms with van der Waals surface area (Å²) in [4.78, 5) is 0. The van der Waals surface area contributed by atoms with Gasteiger partial charge in [-0.3, -0.25) is 0 Å². The van der Waals surface area contributed by atoms with Crippen LogP contribution in [0.25, 0.3) is 0 Å². The SMILES string of the molecule is CCC(C)(C)c1ccc(O)c(Cc2cc(C(C)(C)CC)cc(Cc3cc(C(C)(C)CC)cc(Cc4cc(C(C)(C)CC)cc(Cc5cc(C(C)(C)CC)ccc5O)c4O)c3O)c2O)c1. The third-order valence-electron chi connectivity index (χ3n) is 15.8. The normalized spacial score (nSPS) is 12.9. The lowest BCUT2D eigenvalue weighted by Crippen LogP contribution is -2.18. The van der Waals surface area contributed by atoms with E-state index in [9.17, 15) is 25.5 Å². The van der Waals surface area contributed by atoms with E-state index in [4.69, 9.17) is 0 Å². The summed E-state index contributed by atoms with van der Waals surface area (Å²) in [5.41, 5.74) is 10.7. The van der Waals surface area contributed by atoms with E-state index >= 15 is 0 Å². The summed E-state index contributed by atoms with van der Waals surface area (Å²) >= 11 is 0. The molecule has 0 aliphatic rings. The molecule has 0 fully saturated rings. The summed E-state index contributed by atoms with van der Waals surface area (Å²) in [6.45, 7) is 33.0. The Morgan fingerprint density at radius 2 is 0.469 bits per heavy atom. The number of phenolic OH excluding ortho intramolecular Hbond substituents is 5. The first-order valence-corrected chi connectivity index (χ1v) is 23.9. The average molecular weight is 869 g/mol. The minimum absolute atomic E-state index is 0.0687. The molecule has 5 rings (SSSR count). The van der Waals surface area contributed by atoms with E-state index in [0.29, 0.717) is 24.0 Å². The maximum absolute atomic E-state index is 12.4. The Bertz CT molecular complexity index is 2300. The van der Waals surface area contributed by atoms with Crippen LogP contribution in [-0.4, -0.2) is 25.5 Å². The Morgan fingerprint density at radius 3 is 0.688 bits per heavy atom. The molecule has 0 heterocycles. The quantitative estimate of drug-likeness (QED) is 0.0604. The molecule has 0 spiro atoms. The highest BCUT2D eigenvalue weighted by Gasteiger charge is 2.29. The maximum Gasteiger partial charge on any atom is 0.122 e. The first-order valence-electron chi connectivity index (χ1n) is 23.9. The summed E-state index contributed by atoms with van der Waals surface area (Å²) in [7, 11) is 0. The Kier molecular flexibility index (Phi) is 14.8. The standard InChI is InChI=1S/C59H80O5/c1-16-55(6,7)45-21-23-50(60)37(29-45)25-39-31-47(57(10,11)18-3)33-41(52(39)62)27-43-35-49(59(14,15)20-5)36-44(54(43)64)28-42-34-48(58(12,13)19-4)32-40(53(42)63)26-38-30-46(22-24-51(38)61)56(8,9)17-2/h21-24,29-36,60-64H,16-20,25-28H2,1-15H3. The highest BCUT2D eigenvalue weighted by molar-refractivity contribution is 5.57. The highest BCUT2D eigenvalue weighted by Crippen LogP contribution is 2.43. The fourth-order valence-electron chi connectivity index (χ4n) is 8.40. The summed E-state index contributed by atoms with van der Waals surface area (Å²) in [5, 5.41) is 59.1. The van der Waals surface area contributed by atoms with E-state index in [1.165, 1.54) is 0 Å². The molecule has 0 saturated heterocycles. The van der Waals surface area contributed by atoms with Crippen LogP contribution in [0.15, 0.2) is 72.8 Å². The van der Waals surface area contributed by atoms with Crippen molar-refractivity contribution in [3.8, 4) is 28.7 Å². The van der Waals surface area contributed by atoms with Crippen LogP contribution in [0.5, 0.6) is 28.7 Å². The Labute approximate surface area is 386 Å². The van der Waals surface area contributed by atoms with Gasteiger partial charge in [-0.25, -0.2) is 0 Å². The molecule has 0 aromatic heterocycles. The van der Waals surface area contributed by atoms with Crippen LogP contribution in [0.3, 0.4) is 0 Å². The van der Waals surface area contributed by atoms with Crippen molar-refractivity contribution in [2.45, 2.75) is 189 Å². The number of benzene rings is 5. The molecule has 0 atom stereocenters. The number of rotatable bonds is 18. The van der Waals surface area contributed by atoms with Crippen molar-refractivity contribution in [3.63, 3.8) is 0 Å². The molecule has 0 aliphatic heterocycles. The van der Waals surface area contributed by atoms with Crippen molar-refractivity contribution in [1.82, 2.24) is 0 Å². The third kappa shape index (κ3) is 10.6. The van der Waals surface area contributed by atoms with E-state index in [-0.39, 0.29) is 68.7 Å². The monoisotopic (exact) mass is 869 g/mol. The number of hydrogen-bond donors (Lipinski definition) is 5. The summed E-state index contributed by atoms with van der Waals surface area (Å²) in [6.07, 6.45) is 5.84. The Hall–Kier alpha value is -4.90. The summed E-state index contributed by atoms with van der Waals surface area (Å²) < 4.78 is 0. The van der Waals surface area contributed by atoms with Gasteiger partial charge in [-0.1, -0.05) is 165 Å². The van der Waals surface area contributed by atoms with Gasteiger partial charge in [0, 0.05) is 25.7 Å². The summed E-state index contributed by atoms with van der Waals surface area (Å²) in [5.74, 6) is 0.900. The first-order chi connectivity index (χ1) is 29.7. The lowest BCUT2D eigenvalue weighted by Gasteiger charge is -2.28. The second kappa shape index (κ2) is 18.9. The molecule has 0 bridgehead atoms. The largest absolute Gasteiger partial charge is 0.508 e. The van der Waals surface area contributed by atoms with Crippen molar-refractivity contribution in [1.29, 1.82) is 0 Å². The van der Waals surface area contributed by atoms with Gasteiger partial charge >= 0.3 is 0 Å². The van der Waals surface area contributed by atoms with E-state index in [2.05, 4.69) is 152 Å². The van der Waals surface area contributed by atoms with Crippen molar-refractivity contribution in [3.05, 3.63) is 145 Å². The molecule has 0 radical (unpaired) electrons. The van der Waals surface area contributed by atoms with Gasteiger partial charge < -0.3 is 25.5 Å². The second-order valence-electron chi connectivity index (χ2n) is 22.0. The van der Waals surface area contributed by atoms with E-state index in [1.807, 2.05) is 12.1 Å². The Morgan fingerprint density at radius 1 is 0.281 bits per heavy atom. The van der Waals surface area contributed by atoms with Gasteiger partial charge in [0.15, 0.2) is 0 Å². The molecule has 0 aliphatic carbocycles. The summed E-state index contributed by atoms with van der Waals surface area (Å²) in [6, 6.07) is 24.2. The minimum atomic E-state index is -0.223. The third-order valence-corrected chi connectivity index (χ3v) is 15.8. The molecule has 64 heavy (non-hydrogen) atoms. The van der Waals surface area contributed by atoms with E-state index in [1.54, 1.807) is 12.1 Å². The van der Waals surface area contributed by atoms with Crippen LogP contribution in [-0.2, 0) is 52.8 Å². The van der Waals surface area contributed by atoms with Crippen LogP contribution in [0, 0.1) is 0 Å². The number of hydrogen-bond acceptors (Lipinski definition) is 5. The van der Waals surface area contributed by atoms with E-state index in [0.717, 1.165) is 93.3 Å². The van der Waals surface area contributed by atoms with Crippen molar-refractivity contribution < 1.29 is 25.5 Å². The lowest BCUT2D eigenvalue weighted by molar-refractivity contribution is 0.448. The first kappa shape index (κ1) is 50.1. The Balaban J connectivity index is 1.67. The van der Waals surface area contributed by atoms with Crippen molar-refractivity contribution in [2.75, 3.05) is 0 Å². The highest BCUT2D eigenvalue weighted by atomic mass is 16.3. The topological polar surface area (TPSA) is 101 Å². The van der Waals surface area contributed by atoms with Crippen LogP contribution in [0.4, 0.5) is 0 Å². The van der Waals surface area contributed by atoms with Gasteiger partial charge in [0.25, 0.3) is 0 Å². The molecule has 0 unspecified atom stereocenters. The predicted octanol–water partition coefficient (Wildman–Crippen LogP) is 15.0. The van der Waals surface area contributed by atoms with Crippen LogP contribution >= 0.6 is 0 Å². The van der Waals surface area contributed by atoms with Crippen LogP contribution in [0.1, 0.15) is 208 Å².